The number of carbonyl (C=O) groups is 11. The molecule has 1 heterocycles. The lowest BCUT2D eigenvalue weighted by atomic mass is 9.83. The van der Waals surface area contributed by atoms with Crippen LogP contribution in [0.2, 0.25) is 0 Å². The number of carboxylic acid groups (broad SMARTS) is 7. The summed E-state index contributed by atoms with van der Waals surface area (Å²) in [5, 5.41) is 78.5. The molecule has 27 nitrogen and oxygen atoms in total. The van der Waals surface area contributed by atoms with Crippen molar-refractivity contribution in [3.05, 3.63) is 0 Å². The predicted molar refractivity (Wildman–Crippen MR) is 216 cm³/mol. The molecular formula is C37H59N9O18. The number of urea groups is 1. The third kappa shape index (κ3) is 20.5. The van der Waals surface area contributed by atoms with Crippen LogP contribution in [0.1, 0.15) is 44.9 Å². The highest BCUT2D eigenvalue weighted by Gasteiger charge is 2.48. The summed E-state index contributed by atoms with van der Waals surface area (Å²) < 4.78 is 0. The van der Waals surface area contributed by atoms with Gasteiger partial charge in [-0.3, -0.25) is 58.0 Å². The van der Waals surface area contributed by atoms with Crippen LogP contribution in [0.5, 0.6) is 0 Å². The predicted octanol–water partition coefficient (Wildman–Crippen LogP) is -4.88. The van der Waals surface area contributed by atoms with Gasteiger partial charge in [0.2, 0.25) is 17.5 Å². The normalized spacial score (nSPS) is 19.7. The van der Waals surface area contributed by atoms with Gasteiger partial charge in [0, 0.05) is 78.3 Å². The highest BCUT2D eigenvalue weighted by atomic mass is 16.4. The molecule has 360 valence electrons. The maximum atomic E-state index is 12.8. The largest absolute Gasteiger partial charge is 0.481 e. The number of carboxylic acids is 7. The summed E-state index contributed by atoms with van der Waals surface area (Å²) in [6.07, 6.45) is -0.967. The summed E-state index contributed by atoms with van der Waals surface area (Å²) in [6, 6.07) is -7.18. The van der Waals surface area contributed by atoms with Gasteiger partial charge in [-0.05, 0) is 38.6 Å². The zero-order chi connectivity index (χ0) is 47.9. The zero-order valence-electron chi connectivity index (χ0n) is 35.1. The Bertz CT molecular complexity index is 1650. The SMILES string of the molecule is O=C(O)CCC(NC(=O)NC(CCCCNC1C(=O)C(=O)C1NCCNC(=O)CCC(C(=O)O)N1CCN(CC(=O)O)CCN(CC(=O)O)CCN(CC(=O)O)CC1)C(=O)O)C(=O)O. The van der Waals surface area contributed by atoms with E-state index >= 15 is 0 Å². The lowest BCUT2D eigenvalue weighted by Crippen LogP contribution is -2.69. The van der Waals surface area contributed by atoms with Crippen LogP contribution in [-0.2, 0) is 47.9 Å². The maximum absolute atomic E-state index is 12.8. The minimum absolute atomic E-state index is 0.0118. The molecular weight excluding hydrogens is 858 g/mol. The van der Waals surface area contributed by atoms with Gasteiger partial charge >= 0.3 is 47.8 Å². The van der Waals surface area contributed by atoms with E-state index in [1.165, 1.54) is 4.90 Å². The third-order valence-electron chi connectivity index (χ3n) is 10.4. The van der Waals surface area contributed by atoms with Crippen molar-refractivity contribution in [1.82, 2.24) is 46.2 Å². The number of ketones is 2. The monoisotopic (exact) mass is 917 g/mol. The molecule has 27 heteroatoms. The number of aliphatic carboxylic acids is 7. The first-order chi connectivity index (χ1) is 30.2. The zero-order valence-corrected chi connectivity index (χ0v) is 35.1. The first kappa shape index (κ1) is 54.3. The molecule has 2 fully saturated rings. The quantitative estimate of drug-likeness (QED) is 0.0259. The van der Waals surface area contributed by atoms with E-state index in [0.717, 1.165) is 0 Å². The molecule has 1 aliphatic heterocycles. The van der Waals surface area contributed by atoms with Crippen LogP contribution in [0.4, 0.5) is 4.79 Å². The second kappa shape index (κ2) is 28.0. The number of nitrogens with one attached hydrogen (secondary N) is 5. The first-order valence-corrected chi connectivity index (χ1v) is 20.5. The van der Waals surface area contributed by atoms with Gasteiger partial charge in [-0.1, -0.05) is 0 Å². The lowest BCUT2D eigenvalue weighted by molar-refractivity contribution is -0.147. The molecule has 0 radical (unpaired) electrons. The van der Waals surface area contributed by atoms with E-state index in [1.807, 2.05) is 5.32 Å². The highest BCUT2D eigenvalue weighted by Crippen LogP contribution is 2.14. The summed E-state index contributed by atoms with van der Waals surface area (Å²) in [5.74, 6) is -10.8. The Morgan fingerprint density at radius 1 is 0.500 bits per heavy atom. The molecule has 0 bridgehead atoms. The fourth-order valence-electron chi connectivity index (χ4n) is 6.97. The molecule has 0 aromatic heterocycles. The molecule has 1 aliphatic carbocycles. The Kier molecular flexibility index (Phi) is 23.8. The third-order valence-corrected chi connectivity index (χ3v) is 10.4. The highest BCUT2D eigenvalue weighted by molar-refractivity contribution is 6.49. The molecule has 64 heavy (non-hydrogen) atoms. The van der Waals surface area contributed by atoms with Gasteiger partial charge in [0.1, 0.15) is 18.1 Å². The van der Waals surface area contributed by atoms with Crippen LogP contribution in [0.3, 0.4) is 0 Å². The summed E-state index contributed by atoms with van der Waals surface area (Å²) in [4.78, 5) is 137. The Balaban J connectivity index is 1.88. The van der Waals surface area contributed by atoms with Crippen LogP contribution in [0.15, 0.2) is 0 Å². The fourth-order valence-corrected chi connectivity index (χ4v) is 6.97. The summed E-state index contributed by atoms with van der Waals surface area (Å²) in [6.45, 7) is -0.160. The topological polar surface area (TPSA) is 402 Å². The van der Waals surface area contributed by atoms with Crippen LogP contribution in [0.25, 0.3) is 0 Å². The van der Waals surface area contributed by atoms with Crippen molar-refractivity contribution < 1.29 is 88.5 Å². The Morgan fingerprint density at radius 3 is 1.36 bits per heavy atom. The van der Waals surface area contributed by atoms with Gasteiger partial charge < -0.3 is 62.3 Å². The molecule has 5 unspecified atom stereocenters. The molecule has 12 N–H and O–H groups in total. The number of amides is 3. The smallest absolute Gasteiger partial charge is 0.326 e. The lowest BCUT2D eigenvalue weighted by Gasteiger charge is -2.35. The van der Waals surface area contributed by atoms with Crippen molar-refractivity contribution in [3.8, 4) is 0 Å². The number of rotatable bonds is 28. The summed E-state index contributed by atoms with van der Waals surface area (Å²) in [7, 11) is 0. The number of hydrogen-bond acceptors (Lipinski definition) is 17. The Labute approximate surface area is 366 Å². The number of nitrogens with zero attached hydrogens (tertiary/aromatic N) is 4. The minimum Gasteiger partial charge on any atom is -0.481 e. The molecule has 0 spiro atoms. The van der Waals surface area contributed by atoms with E-state index in [2.05, 4.69) is 21.3 Å². The number of hydrogen-bond donors (Lipinski definition) is 12. The van der Waals surface area contributed by atoms with E-state index in [4.69, 9.17) is 5.11 Å². The molecule has 3 amide bonds. The maximum Gasteiger partial charge on any atom is 0.326 e. The van der Waals surface area contributed by atoms with Gasteiger partial charge in [-0.15, -0.1) is 0 Å². The van der Waals surface area contributed by atoms with Gasteiger partial charge in [-0.2, -0.15) is 0 Å². The standard InChI is InChI=1S/C37H59N9O18/c47-25(6-5-24(36(62)63)46-17-15-44(20-28(52)53)13-11-43(19-27(50)51)12-14-45(16-18-46)21-29(54)55)38-9-10-40-31-30(32(56)33(31)57)39-8-2-1-3-22(34(58)59)41-37(64)42-23(35(60)61)4-7-26(48)49/h22-24,30-31,39-40H,1-21H2,(H,38,47)(H,48,49)(H,50,51)(H,52,53)(H,54,55)(H,58,59)(H,60,61)(H,62,63)(H2,41,42,64). The minimum atomic E-state index is -1.56. The Morgan fingerprint density at radius 2 is 0.938 bits per heavy atom. The average molecular weight is 918 g/mol. The number of unbranched alkanes of at least 4 members (excludes halogenated alkanes) is 1. The van der Waals surface area contributed by atoms with Crippen molar-refractivity contribution in [1.29, 1.82) is 0 Å². The molecule has 1 saturated carbocycles. The fraction of sp³-hybridized carbons (Fsp3) is 0.703. The summed E-state index contributed by atoms with van der Waals surface area (Å²) in [5.41, 5.74) is 0. The van der Waals surface area contributed by atoms with Crippen molar-refractivity contribution in [2.75, 3.05) is 91.6 Å². The van der Waals surface area contributed by atoms with Crippen molar-refractivity contribution in [2.45, 2.75) is 75.2 Å². The van der Waals surface area contributed by atoms with E-state index in [-0.39, 0.29) is 104 Å². The van der Waals surface area contributed by atoms with E-state index in [0.29, 0.717) is 6.42 Å². The van der Waals surface area contributed by atoms with Crippen LogP contribution >= 0.6 is 0 Å². The molecule has 0 aromatic carbocycles. The number of Topliss-reactive ketones (excluding diaryl/α,β-unsaturated/α-hetero) is 2. The summed E-state index contributed by atoms with van der Waals surface area (Å²) >= 11 is 0. The average Bonchev–Trinajstić information content (AvgIpc) is 3.20. The molecule has 0 aromatic rings. The van der Waals surface area contributed by atoms with E-state index in [9.17, 15) is 83.4 Å². The molecule has 2 aliphatic rings. The van der Waals surface area contributed by atoms with E-state index < -0.39 is 121 Å². The first-order valence-electron chi connectivity index (χ1n) is 20.5. The Hall–Kier alpha value is -5.87. The van der Waals surface area contributed by atoms with Crippen LogP contribution in [0, 0.1) is 0 Å². The molecule has 2 rings (SSSR count). The van der Waals surface area contributed by atoms with Gasteiger partial charge in [0.05, 0.1) is 31.7 Å². The van der Waals surface area contributed by atoms with Gasteiger partial charge in [0.25, 0.3) is 0 Å². The van der Waals surface area contributed by atoms with Crippen molar-refractivity contribution in [3.63, 3.8) is 0 Å². The second-order valence-corrected chi connectivity index (χ2v) is 15.2. The van der Waals surface area contributed by atoms with Crippen molar-refractivity contribution >= 4 is 65.3 Å². The number of carbonyl (C=O) groups excluding carboxylic acids is 4. The van der Waals surface area contributed by atoms with Crippen LogP contribution in [-0.4, -0.2) is 242 Å². The van der Waals surface area contributed by atoms with Gasteiger partial charge in [-0.25, -0.2) is 14.4 Å². The second-order valence-electron chi connectivity index (χ2n) is 15.2. The van der Waals surface area contributed by atoms with Gasteiger partial charge in [0.15, 0.2) is 0 Å². The molecule has 5 atom stereocenters. The molecule has 1 saturated heterocycles. The van der Waals surface area contributed by atoms with Crippen molar-refractivity contribution in [2.24, 2.45) is 0 Å². The van der Waals surface area contributed by atoms with Crippen LogP contribution < -0.4 is 26.6 Å². The van der Waals surface area contributed by atoms with E-state index in [1.54, 1.807) is 14.7 Å².